The van der Waals surface area contributed by atoms with Crippen LogP contribution in [0.1, 0.15) is 19.3 Å². The van der Waals surface area contributed by atoms with Crippen LogP contribution in [0.4, 0.5) is 0 Å². The number of benzene rings is 1. The zero-order chi connectivity index (χ0) is 13.7. The van der Waals surface area contributed by atoms with Gasteiger partial charge >= 0.3 is 0 Å². The van der Waals surface area contributed by atoms with E-state index in [1.54, 1.807) is 6.20 Å². The molecule has 0 radical (unpaired) electrons. The van der Waals surface area contributed by atoms with Crippen LogP contribution in [-0.2, 0) is 14.8 Å². The van der Waals surface area contributed by atoms with E-state index in [0.717, 1.165) is 30.2 Å². The number of aromatic nitrogens is 1. The van der Waals surface area contributed by atoms with Gasteiger partial charge in [0.05, 0.1) is 18.2 Å². The molecule has 1 aromatic heterocycles. The number of rotatable bonds is 3. The lowest BCUT2D eigenvalue weighted by Crippen LogP contribution is -2.41. The van der Waals surface area contributed by atoms with Crippen LogP contribution in [0.2, 0.25) is 0 Å². The summed E-state index contributed by atoms with van der Waals surface area (Å²) in [4.78, 5) is 3.32. The number of hydrogen-bond donors (Lipinski definition) is 2. The van der Waals surface area contributed by atoms with Crippen molar-refractivity contribution in [1.82, 2.24) is 9.71 Å². The number of hydrogen-bond acceptors (Lipinski definition) is 3. The van der Waals surface area contributed by atoms with E-state index in [2.05, 4.69) is 9.71 Å². The molecule has 2 aliphatic heterocycles. The van der Waals surface area contributed by atoms with Crippen LogP contribution in [0, 0.1) is 0 Å². The molecule has 6 heteroatoms. The van der Waals surface area contributed by atoms with Crippen molar-refractivity contribution in [3.05, 3.63) is 30.5 Å². The summed E-state index contributed by atoms with van der Waals surface area (Å²) in [5.74, 6) is 0. The Balaban J connectivity index is 1.66. The fourth-order valence-electron chi connectivity index (χ4n) is 3.29. The first-order valence-electron chi connectivity index (χ1n) is 6.87. The first kappa shape index (κ1) is 12.4. The highest BCUT2D eigenvalue weighted by Crippen LogP contribution is 2.35. The Morgan fingerprint density at radius 3 is 2.85 bits per heavy atom. The van der Waals surface area contributed by atoms with Crippen molar-refractivity contribution in [3.63, 3.8) is 0 Å². The van der Waals surface area contributed by atoms with Gasteiger partial charge in [-0.25, -0.2) is 13.1 Å². The summed E-state index contributed by atoms with van der Waals surface area (Å²) in [5.41, 5.74) is 0.831. The second-order valence-electron chi connectivity index (χ2n) is 5.54. The zero-order valence-corrected chi connectivity index (χ0v) is 11.7. The van der Waals surface area contributed by atoms with Crippen molar-refractivity contribution in [2.75, 3.05) is 0 Å². The number of fused-ring (bicyclic) bond motifs is 3. The lowest BCUT2D eigenvalue weighted by Gasteiger charge is -2.19. The van der Waals surface area contributed by atoms with Gasteiger partial charge in [0.2, 0.25) is 10.0 Å². The van der Waals surface area contributed by atoms with Crippen molar-refractivity contribution < 1.29 is 13.2 Å². The number of nitrogens with one attached hydrogen (secondary N) is 2. The van der Waals surface area contributed by atoms with Gasteiger partial charge in [-0.15, -0.1) is 0 Å². The lowest BCUT2D eigenvalue weighted by molar-refractivity contribution is 0.0996. The molecule has 0 aliphatic carbocycles. The van der Waals surface area contributed by atoms with Crippen LogP contribution in [0.5, 0.6) is 0 Å². The molecule has 3 unspecified atom stereocenters. The Kier molecular flexibility index (Phi) is 2.67. The van der Waals surface area contributed by atoms with Crippen LogP contribution in [0.3, 0.4) is 0 Å². The number of H-pyrrole nitrogens is 1. The molecule has 2 N–H and O–H groups in total. The Hall–Kier alpha value is -1.37. The fraction of sp³-hybridized carbons (Fsp3) is 0.429. The third-order valence-electron chi connectivity index (χ3n) is 4.25. The van der Waals surface area contributed by atoms with Crippen molar-refractivity contribution in [3.8, 4) is 0 Å². The summed E-state index contributed by atoms with van der Waals surface area (Å²) in [7, 11) is -3.51. The van der Waals surface area contributed by atoms with Gasteiger partial charge < -0.3 is 9.72 Å². The normalized spacial score (nSPS) is 29.3. The van der Waals surface area contributed by atoms with Crippen molar-refractivity contribution in [2.45, 2.75) is 42.4 Å². The third-order valence-corrected chi connectivity index (χ3v) is 5.78. The minimum Gasteiger partial charge on any atom is -0.373 e. The van der Waals surface area contributed by atoms with Gasteiger partial charge in [0.25, 0.3) is 0 Å². The summed E-state index contributed by atoms with van der Waals surface area (Å²) in [6.45, 7) is 0. The minimum atomic E-state index is -3.51. The molecule has 2 bridgehead atoms. The van der Waals surface area contributed by atoms with E-state index >= 15 is 0 Å². The van der Waals surface area contributed by atoms with E-state index in [0.29, 0.717) is 4.90 Å². The van der Waals surface area contributed by atoms with Crippen LogP contribution >= 0.6 is 0 Å². The highest BCUT2D eigenvalue weighted by atomic mass is 32.2. The van der Waals surface area contributed by atoms with Crippen molar-refractivity contribution >= 4 is 20.9 Å². The third kappa shape index (κ3) is 1.87. The zero-order valence-electron chi connectivity index (χ0n) is 10.9. The largest absolute Gasteiger partial charge is 0.373 e. The summed E-state index contributed by atoms with van der Waals surface area (Å²) >= 11 is 0. The summed E-state index contributed by atoms with van der Waals surface area (Å²) in [5, 5.41) is 0.726. The molecule has 20 heavy (non-hydrogen) atoms. The quantitative estimate of drug-likeness (QED) is 0.905. The molecular formula is C14H16N2O3S. The van der Waals surface area contributed by atoms with Crippen LogP contribution in [0.15, 0.2) is 35.4 Å². The maximum atomic E-state index is 12.6. The molecule has 0 amide bonds. The smallest absolute Gasteiger partial charge is 0.243 e. The number of aromatic amines is 1. The van der Waals surface area contributed by atoms with Gasteiger partial charge in [0.15, 0.2) is 0 Å². The minimum absolute atomic E-state index is 0.0416. The molecule has 0 spiro atoms. The Morgan fingerprint density at radius 2 is 2.10 bits per heavy atom. The Morgan fingerprint density at radius 1 is 1.25 bits per heavy atom. The predicted molar refractivity (Wildman–Crippen MR) is 74.9 cm³/mol. The molecule has 106 valence electrons. The van der Waals surface area contributed by atoms with Gasteiger partial charge in [0, 0.05) is 17.1 Å². The van der Waals surface area contributed by atoms with E-state index in [1.807, 2.05) is 24.3 Å². The highest BCUT2D eigenvalue weighted by molar-refractivity contribution is 7.89. The first-order valence-corrected chi connectivity index (χ1v) is 8.36. The Bertz CT molecular complexity index is 753. The monoisotopic (exact) mass is 292 g/mol. The number of ether oxygens (including phenoxy) is 1. The van der Waals surface area contributed by atoms with Gasteiger partial charge in [-0.2, -0.15) is 0 Å². The molecule has 3 heterocycles. The van der Waals surface area contributed by atoms with Gasteiger partial charge in [-0.05, 0) is 25.3 Å². The topological polar surface area (TPSA) is 71.2 Å². The summed E-state index contributed by atoms with van der Waals surface area (Å²) in [6.07, 6.45) is 4.62. The van der Waals surface area contributed by atoms with Gasteiger partial charge in [-0.3, -0.25) is 0 Å². The van der Waals surface area contributed by atoms with Gasteiger partial charge in [-0.1, -0.05) is 18.2 Å². The van der Waals surface area contributed by atoms with E-state index in [-0.39, 0.29) is 18.2 Å². The molecule has 2 aromatic rings. The predicted octanol–water partition coefficient (Wildman–Crippen LogP) is 1.77. The molecule has 2 aliphatic rings. The molecule has 4 rings (SSSR count). The van der Waals surface area contributed by atoms with Crippen LogP contribution < -0.4 is 4.72 Å². The summed E-state index contributed by atoms with van der Waals surface area (Å²) in [6, 6.07) is 7.32. The molecule has 1 aromatic carbocycles. The fourth-order valence-corrected chi connectivity index (χ4v) is 4.75. The van der Waals surface area contributed by atoms with E-state index in [1.165, 1.54) is 0 Å². The first-order chi connectivity index (χ1) is 9.63. The average Bonchev–Trinajstić information content (AvgIpc) is 3.12. The van der Waals surface area contributed by atoms with E-state index in [4.69, 9.17) is 4.74 Å². The molecule has 5 nitrogen and oxygen atoms in total. The summed E-state index contributed by atoms with van der Waals surface area (Å²) < 4.78 is 33.6. The van der Waals surface area contributed by atoms with E-state index < -0.39 is 10.0 Å². The second kappa shape index (κ2) is 4.31. The highest BCUT2D eigenvalue weighted by Gasteiger charge is 2.42. The Labute approximate surface area is 117 Å². The molecule has 2 saturated heterocycles. The lowest BCUT2D eigenvalue weighted by atomic mass is 9.96. The molecule has 2 fully saturated rings. The van der Waals surface area contributed by atoms with Crippen molar-refractivity contribution in [2.24, 2.45) is 0 Å². The standard InChI is InChI=1S/C14H16N2O3S/c17-20(18,16-12-7-9-5-6-13(12)19-9)14-8-15-11-4-2-1-3-10(11)14/h1-4,8-9,12-13,15-16H,5-7H2. The van der Waals surface area contributed by atoms with Gasteiger partial charge in [0.1, 0.15) is 4.90 Å². The average molecular weight is 292 g/mol. The number of para-hydroxylation sites is 1. The second-order valence-corrected chi connectivity index (χ2v) is 7.22. The molecule has 0 saturated carbocycles. The van der Waals surface area contributed by atoms with E-state index in [9.17, 15) is 8.42 Å². The maximum Gasteiger partial charge on any atom is 0.243 e. The van der Waals surface area contributed by atoms with Crippen LogP contribution in [0.25, 0.3) is 10.9 Å². The SMILES string of the molecule is O=S(=O)(NC1CC2CCC1O2)c1c[nH]c2ccccc12. The molecule has 3 atom stereocenters. The van der Waals surface area contributed by atoms with Crippen molar-refractivity contribution in [1.29, 1.82) is 0 Å². The maximum absolute atomic E-state index is 12.6. The number of sulfonamides is 1. The molecular weight excluding hydrogens is 276 g/mol. The van der Waals surface area contributed by atoms with Crippen LogP contribution in [-0.4, -0.2) is 31.7 Å².